The van der Waals surface area contributed by atoms with Crippen LogP contribution in [0.4, 0.5) is 10.9 Å². The summed E-state index contributed by atoms with van der Waals surface area (Å²) in [5.41, 5.74) is 9.34. The number of nitrogens with one attached hydrogen (secondary N) is 2. The molecule has 7 heteroatoms. The molecule has 0 atom stereocenters. The summed E-state index contributed by atoms with van der Waals surface area (Å²) in [4.78, 5) is 13.8. The van der Waals surface area contributed by atoms with E-state index in [0.29, 0.717) is 5.13 Å². The number of nitrogens with zero attached hydrogens (tertiary/aromatic N) is 3. The van der Waals surface area contributed by atoms with Gasteiger partial charge in [-0.05, 0) is 73.1 Å². The minimum Gasteiger partial charge on any atom is -0.375 e. The molecule has 0 amide bonds. The van der Waals surface area contributed by atoms with Crippen LogP contribution in [0.1, 0.15) is 11.3 Å². The van der Waals surface area contributed by atoms with E-state index < -0.39 is 0 Å². The number of rotatable bonds is 4. The topological polar surface area (TPSA) is 88.8 Å². The Balaban J connectivity index is 0.000000158. The molecule has 30 heavy (non-hydrogen) atoms. The van der Waals surface area contributed by atoms with E-state index in [1.165, 1.54) is 22.6 Å². The van der Waals surface area contributed by atoms with Gasteiger partial charge in [0.15, 0.2) is 5.13 Å². The first kappa shape index (κ1) is 20.3. The zero-order chi connectivity index (χ0) is 20.9. The molecular weight excluding hydrogens is 392 g/mol. The van der Waals surface area contributed by atoms with Crippen molar-refractivity contribution in [1.29, 1.82) is 0 Å². The van der Waals surface area contributed by atoms with Gasteiger partial charge in [0, 0.05) is 36.7 Å². The van der Waals surface area contributed by atoms with Gasteiger partial charge in [0.25, 0.3) is 0 Å². The molecule has 0 radical (unpaired) electrons. The molecule has 4 aromatic rings. The summed E-state index contributed by atoms with van der Waals surface area (Å²) in [6.07, 6.45) is 6.71. The van der Waals surface area contributed by atoms with Gasteiger partial charge in [-0.2, -0.15) is 0 Å². The molecule has 5 rings (SSSR count). The van der Waals surface area contributed by atoms with Crippen molar-refractivity contribution in [2.24, 2.45) is 5.92 Å². The summed E-state index contributed by atoms with van der Waals surface area (Å²) in [5, 5.41) is 9.18. The van der Waals surface area contributed by atoms with E-state index in [9.17, 15) is 0 Å². The Morgan fingerprint density at radius 1 is 1.07 bits per heavy atom. The highest BCUT2D eigenvalue weighted by Gasteiger charge is 2.17. The first-order valence-electron chi connectivity index (χ1n) is 10.0. The highest BCUT2D eigenvalue weighted by molar-refractivity contribution is 7.18. The molecule has 0 aliphatic carbocycles. The van der Waals surface area contributed by atoms with E-state index in [0.717, 1.165) is 52.5 Å². The fraction of sp³-hybridized carbons (Fsp3) is 0.261. The number of hydrogen-bond acceptors (Lipinski definition) is 7. The number of hydrogen-bond donors (Lipinski definition) is 3. The van der Waals surface area contributed by atoms with E-state index >= 15 is 0 Å². The van der Waals surface area contributed by atoms with Crippen LogP contribution < -0.4 is 16.4 Å². The Kier molecular flexibility index (Phi) is 6.21. The van der Waals surface area contributed by atoms with E-state index in [4.69, 9.17) is 5.73 Å². The Bertz CT molecular complexity index is 1140. The highest BCUT2D eigenvalue weighted by atomic mass is 32.1. The molecule has 1 fully saturated rings. The number of fused-ring (bicyclic) bond motifs is 1. The second-order valence-corrected chi connectivity index (χ2v) is 8.56. The Morgan fingerprint density at radius 2 is 1.93 bits per heavy atom. The lowest BCUT2D eigenvalue weighted by Gasteiger charge is -2.26. The third-order valence-electron chi connectivity index (χ3n) is 5.12. The molecule has 1 aromatic carbocycles. The van der Waals surface area contributed by atoms with E-state index in [1.807, 2.05) is 31.6 Å². The fourth-order valence-electron chi connectivity index (χ4n) is 3.35. The average molecular weight is 419 g/mol. The van der Waals surface area contributed by atoms with Crippen LogP contribution in [0.25, 0.3) is 21.2 Å². The van der Waals surface area contributed by atoms with E-state index in [1.54, 1.807) is 6.20 Å². The number of benzene rings is 1. The normalized spacial score (nSPS) is 13.4. The summed E-state index contributed by atoms with van der Waals surface area (Å²) in [7, 11) is 1.86. The third-order valence-corrected chi connectivity index (χ3v) is 6.00. The standard InChI is InChI=1S/C13H12N4S.C10H14N2/c1-15-12-5-10-4-8(2-3-9(10)6-16-12)11-7-17-13(14)18-11;1-8-2-3-12-10(4-8)5-9-6-11-7-9/h2-7H,1H3,(H2,14,17)(H,15,16);2-4,9,11H,5-7H2,1H3. The number of thiazole rings is 1. The molecule has 0 bridgehead atoms. The monoisotopic (exact) mass is 418 g/mol. The number of pyridine rings is 2. The van der Waals surface area contributed by atoms with Gasteiger partial charge in [-0.15, -0.1) is 0 Å². The van der Waals surface area contributed by atoms with Gasteiger partial charge in [-0.3, -0.25) is 4.98 Å². The Morgan fingerprint density at radius 3 is 2.60 bits per heavy atom. The molecular formula is C23H26N6S. The molecule has 3 aromatic heterocycles. The largest absolute Gasteiger partial charge is 0.375 e. The SMILES string of the molecule is CNc1cc2cc(-c3cnc(N)s3)ccc2cn1.Cc1ccnc(CC2CNC2)c1. The molecule has 0 spiro atoms. The van der Waals surface area contributed by atoms with Crippen molar-refractivity contribution in [1.82, 2.24) is 20.3 Å². The smallest absolute Gasteiger partial charge is 0.180 e. The zero-order valence-electron chi connectivity index (χ0n) is 17.2. The second-order valence-electron chi connectivity index (χ2n) is 7.50. The van der Waals surface area contributed by atoms with Crippen molar-refractivity contribution >= 4 is 33.1 Å². The molecule has 1 saturated heterocycles. The maximum Gasteiger partial charge on any atom is 0.180 e. The lowest BCUT2D eigenvalue weighted by Crippen LogP contribution is -2.43. The quantitative estimate of drug-likeness (QED) is 0.462. The van der Waals surface area contributed by atoms with E-state index in [2.05, 4.69) is 56.8 Å². The lowest BCUT2D eigenvalue weighted by molar-refractivity contribution is 0.344. The summed E-state index contributed by atoms with van der Waals surface area (Å²) < 4.78 is 0. The summed E-state index contributed by atoms with van der Waals surface area (Å²) in [6.45, 7) is 4.44. The van der Waals surface area contributed by atoms with Crippen LogP contribution in [0.5, 0.6) is 0 Å². The molecule has 4 heterocycles. The summed E-state index contributed by atoms with van der Waals surface area (Å²) in [5.74, 6) is 1.68. The van der Waals surface area contributed by atoms with Gasteiger partial charge in [-0.25, -0.2) is 9.97 Å². The lowest BCUT2D eigenvalue weighted by atomic mass is 9.97. The predicted molar refractivity (Wildman–Crippen MR) is 126 cm³/mol. The van der Waals surface area contributed by atoms with Crippen molar-refractivity contribution in [2.75, 3.05) is 31.2 Å². The van der Waals surface area contributed by atoms with Crippen molar-refractivity contribution in [3.8, 4) is 10.4 Å². The summed E-state index contributed by atoms with van der Waals surface area (Å²) >= 11 is 1.49. The van der Waals surface area contributed by atoms with E-state index in [-0.39, 0.29) is 0 Å². The summed E-state index contributed by atoms with van der Waals surface area (Å²) in [6, 6.07) is 12.5. The fourth-order valence-corrected chi connectivity index (χ4v) is 4.03. The van der Waals surface area contributed by atoms with Crippen LogP contribution in [0.15, 0.2) is 55.0 Å². The van der Waals surface area contributed by atoms with Crippen LogP contribution in [0.2, 0.25) is 0 Å². The highest BCUT2D eigenvalue weighted by Crippen LogP contribution is 2.30. The van der Waals surface area contributed by atoms with Crippen LogP contribution >= 0.6 is 11.3 Å². The molecule has 1 aliphatic rings. The van der Waals surface area contributed by atoms with Crippen LogP contribution in [0.3, 0.4) is 0 Å². The first-order chi connectivity index (χ1) is 14.6. The predicted octanol–water partition coefficient (Wildman–Crippen LogP) is 4.13. The number of aromatic nitrogens is 3. The maximum atomic E-state index is 5.66. The number of nitrogen functional groups attached to an aromatic ring is 1. The number of aryl methyl sites for hydroxylation is 1. The van der Waals surface area contributed by atoms with Gasteiger partial charge in [0.1, 0.15) is 5.82 Å². The average Bonchev–Trinajstić information content (AvgIpc) is 3.17. The van der Waals surface area contributed by atoms with Gasteiger partial charge in [-0.1, -0.05) is 23.5 Å². The molecule has 4 N–H and O–H groups in total. The second kappa shape index (κ2) is 9.19. The molecule has 154 valence electrons. The van der Waals surface area contributed by atoms with Gasteiger partial charge < -0.3 is 16.4 Å². The van der Waals surface area contributed by atoms with Gasteiger partial charge >= 0.3 is 0 Å². The maximum absolute atomic E-state index is 5.66. The van der Waals surface area contributed by atoms with Crippen molar-refractivity contribution in [3.05, 3.63) is 66.2 Å². The van der Waals surface area contributed by atoms with Crippen LogP contribution in [0, 0.1) is 12.8 Å². The van der Waals surface area contributed by atoms with Crippen molar-refractivity contribution in [3.63, 3.8) is 0 Å². The van der Waals surface area contributed by atoms with Crippen molar-refractivity contribution in [2.45, 2.75) is 13.3 Å². The van der Waals surface area contributed by atoms with Gasteiger partial charge in [0.2, 0.25) is 0 Å². The Hall–Kier alpha value is -3.03. The van der Waals surface area contributed by atoms with Crippen molar-refractivity contribution < 1.29 is 0 Å². The van der Waals surface area contributed by atoms with Gasteiger partial charge in [0.05, 0.1) is 4.88 Å². The molecule has 0 unspecified atom stereocenters. The molecule has 1 aliphatic heterocycles. The zero-order valence-corrected chi connectivity index (χ0v) is 18.0. The minimum absolute atomic E-state index is 0.593. The molecule has 0 saturated carbocycles. The van der Waals surface area contributed by atoms with Crippen LogP contribution in [-0.4, -0.2) is 35.1 Å². The molecule has 6 nitrogen and oxygen atoms in total. The number of nitrogens with two attached hydrogens (primary N) is 1. The number of anilines is 2. The minimum atomic E-state index is 0.593. The Labute approximate surface area is 180 Å². The first-order valence-corrected chi connectivity index (χ1v) is 10.8. The third kappa shape index (κ3) is 4.93. The van der Waals surface area contributed by atoms with Crippen LogP contribution in [-0.2, 0) is 6.42 Å².